The number of hydrogen-bond acceptors (Lipinski definition) is 7. The van der Waals surface area contributed by atoms with Gasteiger partial charge >= 0.3 is 0 Å². The SMILES string of the molecule is CCOc1ccc(C2/C(=C(/O)c3ccc(OC)cc3)C(=O)C(=O)N2CCCn2ccnc2)cc1OC. The Hall–Kier alpha value is -4.27. The van der Waals surface area contributed by atoms with Gasteiger partial charge in [-0.05, 0) is 55.3 Å². The van der Waals surface area contributed by atoms with Crippen molar-refractivity contribution in [2.45, 2.75) is 25.9 Å². The zero-order valence-corrected chi connectivity index (χ0v) is 20.5. The maximum atomic E-state index is 13.2. The Morgan fingerprint density at radius 2 is 1.81 bits per heavy atom. The average Bonchev–Trinajstić information content (AvgIpc) is 3.51. The number of aliphatic hydroxyl groups is 1. The number of hydrogen-bond donors (Lipinski definition) is 1. The largest absolute Gasteiger partial charge is 0.507 e. The number of ketones is 1. The fourth-order valence-electron chi connectivity index (χ4n) is 4.33. The van der Waals surface area contributed by atoms with Gasteiger partial charge in [0.05, 0.1) is 38.8 Å². The second-order valence-electron chi connectivity index (χ2n) is 8.22. The number of likely N-dealkylation sites (tertiary alicyclic amines) is 1. The van der Waals surface area contributed by atoms with Gasteiger partial charge in [-0.2, -0.15) is 0 Å². The zero-order chi connectivity index (χ0) is 25.7. The number of nitrogens with zero attached hydrogens (tertiary/aromatic N) is 3. The molecule has 1 saturated heterocycles. The average molecular weight is 492 g/mol. The van der Waals surface area contributed by atoms with Gasteiger partial charge < -0.3 is 28.8 Å². The van der Waals surface area contributed by atoms with Crippen molar-refractivity contribution in [2.75, 3.05) is 27.4 Å². The van der Waals surface area contributed by atoms with Crippen molar-refractivity contribution in [3.63, 3.8) is 0 Å². The van der Waals surface area contributed by atoms with Crippen LogP contribution in [0.1, 0.15) is 30.5 Å². The summed E-state index contributed by atoms with van der Waals surface area (Å²) in [6.45, 7) is 3.26. The summed E-state index contributed by atoms with van der Waals surface area (Å²) in [7, 11) is 3.07. The maximum Gasteiger partial charge on any atom is 0.295 e. The Labute approximate surface area is 209 Å². The number of amides is 1. The number of methoxy groups -OCH3 is 2. The molecule has 4 rings (SSSR count). The molecule has 9 nitrogen and oxygen atoms in total. The van der Waals surface area contributed by atoms with Gasteiger partial charge in [-0.15, -0.1) is 0 Å². The van der Waals surface area contributed by atoms with Crippen LogP contribution in [0, 0.1) is 0 Å². The van der Waals surface area contributed by atoms with E-state index in [0.717, 1.165) is 0 Å². The summed E-state index contributed by atoms with van der Waals surface area (Å²) in [5, 5.41) is 11.2. The van der Waals surface area contributed by atoms with E-state index in [9.17, 15) is 14.7 Å². The number of ether oxygens (including phenoxy) is 3. The van der Waals surface area contributed by atoms with Crippen molar-refractivity contribution < 1.29 is 28.9 Å². The van der Waals surface area contributed by atoms with Crippen LogP contribution in [0.25, 0.3) is 5.76 Å². The minimum atomic E-state index is -0.792. The predicted octanol–water partition coefficient (Wildman–Crippen LogP) is 3.81. The van der Waals surface area contributed by atoms with Gasteiger partial charge in [-0.3, -0.25) is 9.59 Å². The summed E-state index contributed by atoms with van der Waals surface area (Å²) in [6, 6.07) is 11.2. The van der Waals surface area contributed by atoms with Crippen LogP contribution >= 0.6 is 0 Å². The van der Waals surface area contributed by atoms with E-state index in [-0.39, 0.29) is 11.3 Å². The molecule has 9 heteroatoms. The zero-order valence-electron chi connectivity index (χ0n) is 20.5. The lowest BCUT2D eigenvalue weighted by molar-refractivity contribution is -0.139. The fourth-order valence-corrected chi connectivity index (χ4v) is 4.33. The number of imidazole rings is 1. The molecule has 1 fully saturated rings. The van der Waals surface area contributed by atoms with Crippen molar-refractivity contribution in [3.8, 4) is 17.2 Å². The standard InChI is InChI=1S/C27H29N3O6/c1-4-36-21-11-8-19(16-22(21)35-3)24-23(25(31)18-6-9-20(34-2)10-7-18)26(32)27(33)30(24)14-5-13-29-15-12-28-17-29/h6-12,15-17,24,31H,4-5,13-14H2,1-3H3/b25-23-. The summed E-state index contributed by atoms with van der Waals surface area (Å²) < 4.78 is 18.2. The van der Waals surface area contributed by atoms with Crippen LogP contribution in [-0.2, 0) is 16.1 Å². The molecule has 0 bridgehead atoms. The normalized spacial score (nSPS) is 16.9. The number of benzene rings is 2. The molecule has 0 radical (unpaired) electrons. The molecule has 1 unspecified atom stereocenters. The van der Waals surface area contributed by atoms with Crippen molar-refractivity contribution in [2.24, 2.45) is 0 Å². The second kappa shape index (κ2) is 11.0. The summed E-state index contributed by atoms with van der Waals surface area (Å²) in [4.78, 5) is 32.0. The Morgan fingerprint density at radius 1 is 1.03 bits per heavy atom. The third-order valence-corrected chi connectivity index (χ3v) is 6.08. The molecule has 0 saturated carbocycles. The van der Waals surface area contributed by atoms with Gasteiger partial charge in [0.25, 0.3) is 11.7 Å². The maximum absolute atomic E-state index is 13.2. The van der Waals surface area contributed by atoms with E-state index >= 15 is 0 Å². The van der Waals surface area contributed by atoms with E-state index in [0.29, 0.717) is 54.5 Å². The van der Waals surface area contributed by atoms with Gasteiger partial charge in [-0.25, -0.2) is 4.98 Å². The molecule has 1 N–H and O–H groups in total. The molecule has 0 spiro atoms. The first-order valence-corrected chi connectivity index (χ1v) is 11.7. The molecule has 1 aromatic heterocycles. The Balaban J connectivity index is 1.76. The number of rotatable bonds is 10. The molecular formula is C27H29N3O6. The highest BCUT2D eigenvalue weighted by Crippen LogP contribution is 2.42. The Kier molecular flexibility index (Phi) is 7.58. The topological polar surface area (TPSA) is 103 Å². The van der Waals surface area contributed by atoms with Gasteiger partial charge in [0.1, 0.15) is 11.5 Å². The summed E-state index contributed by atoms with van der Waals surface area (Å²) in [5.74, 6) is 0.00127. The molecule has 3 aromatic rings. The Morgan fingerprint density at radius 3 is 2.44 bits per heavy atom. The highest BCUT2D eigenvalue weighted by Gasteiger charge is 2.46. The van der Waals surface area contributed by atoms with Crippen molar-refractivity contribution in [1.29, 1.82) is 0 Å². The van der Waals surface area contributed by atoms with E-state index in [2.05, 4.69) is 4.98 Å². The molecule has 1 atom stereocenters. The van der Waals surface area contributed by atoms with E-state index in [4.69, 9.17) is 14.2 Å². The van der Waals surface area contributed by atoms with Crippen LogP contribution in [0.3, 0.4) is 0 Å². The molecular weight excluding hydrogens is 462 g/mol. The molecule has 36 heavy (non-hydrogen) atoms. The lowest BCUT2D eigenvalue weighted by Crippen LogP contribution is -2.31. The number of aliphatic hydroxyl groups excluding tert-OH is 1. The van der Waals surface area contributed by atoms with Crippen LogP contribution in [0.15, 0.2) is 66.8 Å². The van der Waals surface area contributed by atoms with Crippen molar-refractivity contribution in [3.05, 3.63) is 77.9 Å². The number of aryl methyl sites for hydroxylation is 1. The first-order chi connectivity index (χ1) is 17.5. The monoisotopic (exact) mass is 491 g/mol. The summed E-state index contributed by atoms with van der Waals surface area (Å²) in [6.07, 6.45) is 5.82. The second-order valence-corrected chi connectivity index (χ2v) is 8.22. The van der Waals surface area contributed by atoms with Gasteiger partial charge in [0.2, 0.25) is 0 Å². The number of carbonyl (C=O) groups is 2. The number of aromatic nitrogens is 2. The Bertz CT molecular complexity index is 1250. The van der Waals surface area contributed by atoms with Crippen LogP contribution in [0.4, 0.5) is 0 Å². The van der Waals surface area contributed by atoms with Crippen molar-refractivity contribution >= 4 is 17.4 Å². The molecule has 2 aromatic carbocycles. The number of carbonyl (C=O) groups excluding carboxylic acids is 2. The van der Waals surface area contributed by atoms with Crippen molar-refractivity contribution in [1.82, 2.24) is 14.5 Å². The van der Waals surface area contributed by atoms with Crippen LogP contribution in [-0.4, -0.2) is 58.6 Å². The molecule has 1 amide bonds. The van der Waals surface area contributed by atoms with Crippen LogP contribution in [0.5, 0.6) is 17.2 Å². The lowest BCUT2D eigenvalue weighted by Gasteiger charge is -2.26. The quantitative estimate of drug-likeness (QED) is 0.261. The van der Waals surface area contributed by atoms with Crippen LogP contribution in [0.2, 0.25) is 0 Å². The third-order valence-electron chi connectivity index (χ3n) is 6.08. The first kappa shape index (κ1) is 24.8. The predicted molar refractivity (Wildman–Crippen MR) is 133 cm³/mol. The van der Waals surface area contributed by atoms with Gasteiger partial charge in [0.15, 0.2) is 11.5 Å². The van der Waals surface area contributed by atoms with E-state index in [1.54, 1.807) is 62.1 Å². The summed E-state index contributed by atoms with van der Waals surface area (Å²) in [5.41, 5.74) is 1.07. The van der Waals surface area contributed by atoms with E-state index in [1.807, 2.05) is 17.7 Å². The molecule has 1 aliphatic rings. The molecule has 2 heterocycles. The molecule has 0 aliphatic carbocycles. The van der Waals surface area contributed by atoms with E-state index in [1.165, 1.54) is 12.0 Å². The fraction of sp³-hybridized carbons (Fsp3) is 0.296. The highest BCUT2D eigenvalue weighted by molar-refractivity contribution is 6.46. The summed E-state index contributed by atoms with van der Waals surface area (Å²) >= 11 is 0. The lowest BCUT2D eigenvalue weighted by atomic mass is 9.95. The van der Waals surface area contributed by atoms with Gasteiger partial charge in [0, 0.05) is 31.0 Å². The molecule has 1 aliphatic heterocycles. The first-order valence-electron chi connectivity index (χ1n) is 11.7. The van der Waals surface area contributed by atoms with E-state index < -0.39 is 17.7 Å². The minimum absolute atomic E-state index is 0.0269. The number of Topliss-reactive ketones (excluding diaryl/α,β-unsaturated/α-hetero) is 1. The molecule has 188 valence electrons. The van der Waals surface area contributed by atoms with Crippen LogP contribution < -0.4 is 14.2 Å². The smallest absolute Gasteiger partial charge is 0.295 e. The minimum Gasteiger partial charge on any atom is -0.507 e. The third kappa shape index (κ3) is 4.91. The van der Waals surface area contributed by atoms with Gasteiger partial charge in [-0.1, -0.05) is 6.07 Å². The highest BCUT2D eigenvalue weighted by atomic mass is 16.5.